The van der Waals surface area contributed by atoms with E-state index in [0.29, 0.717) is 12.1 Å². The number of carbonyl (C=O) groups is 2. The number of aromatic nitrogens is 1. The maximum absolute atomic E-state index is 11.8. The summed E-state index contributed by atoms with van der Waals surface area (Å²) in [7, 11) is 0. The third-order valence-corrected chi connectivity index (χ3v) is 5.64. The van der Waals surface area contributed by atoms with E-state index in [0.717, 1.165) is 24.3 Å². The van der Waals surface area contributed by atoms with Gasteiger partial charge in [-0.2, -0.15) is 11.3 Å². The van der Waals surface area contributed by atoms with E-state index in [-0.39, 0.29) is 18.4 Å². The largest absolute Gasteiger partial charge is 0.354 e. The summed E-state index contributed by atoms with van der Waals surface area (Å²) in [5, 5.41) is 10.1. The lowest BCUT2D eigenvalue weighted by Crippen LogP contribution is -2.37. The van der Waals surface area contributed by atoms with Gasteiger partial charge >= 0.3 is 0 Å². The number of thiazole rings is 1. The molecule has 0 fully saturated rings. The average molecular weight is 349 g/mol. The first kappa shape index (κ1) is 16.1. The Morgan fingerprint density at radius 2 is 2.09 bits per heavy atom. The Morgan fingerprint density at radius 3 is 2.87 bits per heavy atom. The second-order valence-electron chi connectivity index (χ2n) is 5.48. The molecule has 23 heavy (non-hydrogen) atoms. The number of carbonyl (C=O) groups excluding carboxylic acids is 2. The van der Waals surface area contributed by atoms with E-state index in [4.69, 9.17) is 0 Å². The van der Waals surface area contributed by atoms with Crippen molar-refractivity contribution in [3.8, 4) is 0 Å². The summed E-state index contributed by atoms with van der Waals surface area (Å²) in [5.41, 5.74) is 1.85. The molecule has 0 aromatic carbocycles. The van der Waals surface area contributed by atoms with Gasteiger partial charge in [-0.3, -0.25) is 9.59 Å². The molecular weight excluding hydrogens is 330 g/mol. The highest BCUT2D eigenvalue weighted by Crippen LogP contribution is 2.26. The van der Waals surface area contributed by atoms with Crippen molar-refractivity contribution in [2.45, 2.75) is 32.1 Å². The number of hydrogen-bond acceptors (Lipinski definition) is 5. The fourth-order valence-corrected chi connectivity index (χ4v) is 4.33. The van der Waals surface area contributed by atoms with Crippen LogP contribution in [-0.2, 0) is 24.1 Å². The van der Waals surface area contributed by atoms with Crippen LogP contribution in [0.2, 0.25) is 0 Å². The maximum atomic E-state index is 11.8. The Morgan fingerprint density at radius 1 is 1.22 bits per heavy atom. The molecule has 122 valence electrons. The predicted octanol–water partition coefficient (Wildman–Crippen LogP) is 2.17. The lowest BCUT2D eigenvalue weighted by atomic mass is 10.0. The minimum atomic E-state index is -0.214. The maximum Gasteiger partial charge on any atom is 0.252 e. The summed E-state index contributed by atoms with van der Waals surface area (Å²) in [6.45, 7) is 0.558. The van der Waals surface area contributed by atoms with Gasteiger partial charge in [-0.15, -0.1) is 11.3 Å². The number of rotatable bonds is 6. The molecule has 0 atom stereocenters. The van der Waals surface area contributed by atoms with Crippen molar-refractivity contribution in [1.29, 1.82) is 0 Å². The highest BCUT2D eigenvalue weighted by Gasteiger charge is 2.15. The zero-order valence-electron chi connectivity index (χ0n) is 12.8. The second kappa shape index (κ2) is 7.70. The monoisotopic (exact) mass is 349 g/mol. The topological polar surface area (TPSA) is 71.1 Å². The number of nitrogens with one attached hydrogen (secondary N) is 2. The van der Waals surface area contributed by atoms with E-state index < -0.39 is 0 Å². The molecule has 0 radical (unpaired) electrons. The lowest BCUT2D eigenvalue weighted by Gasteiger charge is -2.06. The van der Waals surface area contributed by atoms with Crippen molar-refractivity contribution in [3.63, 3.8) is 0 Å². The van der Waals surface area contributed by atoms with Crippen LogP contribution >= 0.6 is 22.7 Å². The molecule has 2 N–H and O–H groups in total. The lowest BCUT2D eigenvalue weighted by molar-refractivity contribution is -0.120. The van der Waals surface area contributed by atoms with Gasteiger partial charge in [-0.05, 0) is 37.1 Å². The highest BCUT2D eigenvalue weighted by molar-refractivity contribution is 7.11. The molecule has 1 aliphatic rings. The molecule has 0 unspecified atom stereocenters. The van der Waals surface area contributed by atoms with Gasteiger partial charge in [0, 0.05) is 28.8 Å². The van der Waals surface area contributed by atoms with Crippen LogP contribution < -0.4 is 10.6 Å². The SMILES string of the molecule is O=C(CNC(=O)c1ccsc1)NCCc1nc2c(s1)CCCC2. The molecule has 0 saturated carbocycles. The van der Waals surface area contributed by atoms with Gasteiger partial charge in [0.2, 0.25) is 5.91 Å². The van der Waals surface area contributed by atoms with Crippen molar-refractivity contribution < 1.29 is 9.59 Å². The smallest absolute Gasteiger partial charge is 0.252 e. The Balaban J connectivity index is 1.37. The van der Waals surface area contributed by atoms with E-state index in [9.17, 15) is 9.59 Å². The van der Waals surface area contributed by atoms with Crippen LogP contribution in [0.3, 0.4) is 0 Å². The Hall–Kier alpha value is -1.73. The average Bonchev–Trinajstić information content (AvgIpc) is 3.21. The number of aryl methyl sites for hydroxylation is 2. The number of amides is 2. The van der Waals surface area contributed by atoms with E-state index in [1.54, 1.807) is 22.8 Å². The molecular formula is C16H19N3O2S2. The summed E-state index contributed by atoms with van der Waals surface area (Å²) < 4.78 is 0. The molecule has 2 heterocycles. The molecule has 3 rings (SSSR count). The Labute approximate surface area is 143 Å². The number of hydrogen-bond donors (Lipinski definition) is 2. The summed E-state index contributed by atoms with van der Waals surface area (Å²) in [5.74, 6) is -0.385. The van der Waals surface area contributed by atoms with Crippen molar-refractivity contribution in [3.05, 3.63) is 38.0 Å². The number of thiophene rings is 1. The minimum Gasteiger partial charge on any atom is -0.354 e. The third kappa shape index (κ3) is 4.39. The van der Waals surface area contributed by atoms with E-state index in [2.05, 4.69) is 15.6 Å². The zero-order chi connectivity index (χ0) is 16.1. The normalized spacial score (nSPS) is 13.4. The molecule has 0 spiro atoms. The van der Waals surface area contributed by atoms with Crippen LogP contribution in [0.25, 0.3) is 0 Å². The van der Waals surface area contributed by atoms with Gasteiger partial charge in [0.25, 0.3) is 5.91 Å². The summed E-state index contributed by atoms with van der Waals surface area (Å²) in [6, 6.07) is 1.74. The van der Waals surface area contributed by atoms with Gasteiger partial charge in [-0.25, -0.2) is 4.98 Å². The van der Waals surface area contributed by atoms with Gasteiger partial charge < -0.3 is 10.6 Å². The molecule has 2 aromatic heterocycles. The van der Waals surface area contributed by atoms with Crippen molar-refractivity contribution in [1.82, 2.24) is 15.6 Å². The Bertz CT molecular complexity index is 656. The van der Waals surface area contributed by atoms with Gasteiger partial charge in [0.05, 0.1) is 17.2 Å². The zero-order valence-corrected chi connectivity index (χ0v) is 14.4. The fraction of sp³-hybridized carbons (Fsp3) is 0.438. The van der Waals surface area contributed by atoms with Gasteiger partial charge in [0.1, 0.15) is 0 Å². The molecule has 0 bridgehead atoms. The minimum absolute atomic E-state index is 0.00302. The van der Waals surface area contributed by atoms with Crippen LogP contribution in [0.5, 0.6) is 0 Å². The summed E-state index contributed by atoms with van der Waals surface area (Å²) in [4.78, 5) is 29.6. The number of fused-ring (bicyclic) bond motifs is 1. The number of nitrogens with zero attached hydrogens (tertiary/aromatic N) is 1. The van der Waals surface area contributed by atoms with Gasteiger partial charge in [0.15, 0.2) is 0 Å². The molecule has 2 aromatic rings. The first-order valence-electron chi connectivity index (χ1n) is 7.77. The van der Waals surface area contributed by atoms with Crippen LogP contribution in [0, 0.1) is 0 Å². The van der Waals surface area contributed by atoms with Crippen molar-refractivity contribution in [2.75, 3.05) is 13.1 Å². The molecule has 0 saturated heterocycles. The first-order valence-corrected chi connectivity index (χ1v) is 9.53. The molecule has 5 nitrogen and oxygen atoms in total. The van der Waals surface area contributed by atoms with E-state index in [1.807, 2.05) is 5.38 Å². The second-order valence-corrected chi connectivity index (χ2v) is 7.43. The van der Waals surface area contributed by atoms with Crippen LogP contribution in [0.15, 0.2) is 16.8 Å². The molecule has 2 amide bonds. The van der Waals surface area contributed by atoms with Crippen molar-refractivity contribution in [2.24, 2.45) is 0 Å². The molecule has 1 aliphatic carbocycles. The third-order valence-electron chi connectivity index (χ3n) is 3.74. The molecule has 0 aliphatic heterocycles. The highest BCUT2D eigenvalue weighted by atomic mass is 32.1. The van der Waals surface area contributed by atoms with Crippen LogP contribution in [0.1, 0.15) is 38.8 Å². The predicted molar refractivity (Wildman–Crippen MR) is 92.1 cm³/mol. The Kier molecular flexibility index (Phi) is 5.40. The fourth-order valence-electron chi connectivity index (χ4n) is 2.54. The standard InChI is InChI=1S/C16H19N3O2S2/c20-14(9-18-16(21)11-6-8-22-10-11)17-7-5-15-19-12-3-1-2-4-13(12)23-15/h6,8,10H,1-5,7,9H2,(H,17,20)(H,18,21). The summed E-state index contributed by atoms with van der Waals surface area (Å²) >= 11 is 3.23. The van der Waals surface area contributed by atoms with E-state index >= 15 is 0 Å². The van der Waals surface area contributed by atoms with Crippen LogP contribution in [-0.4, -0.2) is 29.9 Å². The van der Waals surface area contributed by atoms with E-state index in [1.165, 1.54) is 34.7 Å². The summed E-state index contributed by atoms with van der Waals surface area (Å²) in [6.07, 6.45) is 5.48. The van der Waals surface area contributed by atoms with Crippen molar-refractivity contribution >= 4 is 34.5 Å². The first-order chi connectivity index (χ1) is 11.2. The quantitative estimate of drug-likeness (QED) is 0.840. The van der Waals surface area contributed by atoms with Gasteiger partial charge in [-0.1, -0.05) is 0 Å². The molecule has 7 heteroatoms. The van der Waals surface area contributed by atoms with Crippen LogP contribution in [0.4, 0.5) is 0 Å².